The summed E-state index contributed by atoms with van der Waals surface area (Å²) in [7, 11) is 0. The lowest BCUT2D eigenvalue weighted by molar-refractivity contribution is -0.117. The highest BCUT2D eigenvalue weighted by Crippen LogP contribution is 2.24. The SMILES string of the molecule is Cc1cccc(-n2c(SCC(=O)NC(=O)NC(C)C)nc3ccccc3c2=O)c1C. The van der Waals surface area contributed by atoms with Crippen molar-refractivity contribution >= 4 is 34.6 Å². The molecule has 0 spiro atoms. The molecule has 3 aromatic rings. The molecule has 0 saturated heterocycles. The van der Waals surface area contributed by atoms with E-state index < -0.39 is 11.9 Å². The molecule has 3 amide bonds. The number of benzene rings is 2. The number of nitrogens with one attached hydrogen (secondary N) is 2. The van der Waals surface area contributed by atoms with Crippen molar-refractivity contribution in [1.82, 2.24) is 20.2 Å². The first-order chi connectivity index (χ1) is 14.3. The second kappa shape index (κ2) is 9.13. The van der Waals surface area contributed by atoms with Crippen molar-refractivity contribution < 1.29 is 9.59 Å². The zero-order valence-corrected chi connectivity index (χ0v) is 18.2. The van der Waals surface area contributed by atoms with Crippen molar-refractivity contribution in [3.8, 4) is 5.69 Å². The molecule has 0 aliphatic rings. The molecule has 0 atom stereocenters. The van der Waals surface area contributed by atoms with Crippen LogP contribution in [0.4, 0.5) is 4.79 Å². The molecule has 0 fully saturated rings. The second-order valence-electron chi connectivity index (χ2n) is 7.24. The number of carbonyl (C=O) groups is 2. The fraction of sp³-hybridized carbons (Fsp3) is 0.273. The van der Waals surface area contributed by atoms with Crippen LogP contribution in [-0.2, 0) is 4.79 Å². The van der Waals surface area contributed by atoms with Crippen LogP contribution in [0.15, 0.2) is 52.4 Å². The summed E-state index contributed by atoms with van der Waals surface area (Å²) in [5, 5.41) is 5.79. The van der Waals surface area contributed by atoms with Gasteiger partial charge in [-0.25, -0.2) is 9.78 Å². The molecular formula is C22H24N4O3S. The van der Waals surface area contributed by atoms with Gasteiger partial charge in [-0.1, -0.05) is 36.0 Å². The first-order valence-corrected chi connectivity index (χ1v) is 10.6. The number of aromatic nitrogens is 2. The lowest BCUT2D eigenvalue weighted by Gasteiger charge is -2.16. The van der Waals surface area contributed by atoms with Crippen LogP contribution in [0.5, 0.6) is 0 Å². The normalized spacial score (nSPS) is 11.0. The van der Waals surface area contributed by atoms with Gasteiger partial charge in [-0.2, -0.15) is 0 Å². The van der Waals surface area contributed by atoms with Crippen LogP contribution < -0.4 is 16.2 Å². The standard InChI is InChI=1S/C22H24N4O3S/c1-13(2)23-21(29)25-19(27)12-30-22-24-17-10-6-5-9-16(17)20(28)26(22)18-11-7-8-14(3)15(18)4/h5-11,13H,12H2,1-4H3,(H2,23,25,27,29). The molecule has 0 aliphatic carbocycles. The smallest absolute Gasteiger partial charge is 0.321 e. The van der Waals surface area contributed by atoms with Crippen molar-refractivity contribution in [3.63, 3.8) is 0 Å². The molecule has 1 heterocycles. The minimum Gasteiger partial charge on any atom is -0.336 e. The highest BCUT2D eigenvalue weighted by molar-refractivity contribution is 7.99. The summed E-state index contributed by atoms with van der Waals surface area (Å²) in [5.41, 5.74) is 3.09. The number of aryl methyl sites for hydroxylation is 1. The predicted molar refractivity (Wildman–Crippen MR) is 119 cm³/mol. The Kier molecular flexibility index (Phi) is 6.56. The molecular weight excluding hydrogens is 400 g/mol. The highest BCUT2D eigenvalue weighted by Gasteiger charge is 2.17. The van der Waals surface area contributed by atoms with E-state index in [0.29, 0.717) is 16.1 Å². The van der Waals surface area contributed by atoms with Gasteiger partial charge in [-0.05, 0) is 57.0 Å². The van der Waals surface area contributed by atoms with E-state index >= 15 is 0 Å². The molecule has 30 heavy (non-hydrogen) atoms. The van der Waals surface area contributed by atoms with Gasteiger partial charge in [-0.15, -0.1) is 0 Å². The lowest BCUT2D eigenvalue weighted by atomic mass is 10.1. The molecule has 3 rings (SSSR count). The maximum atomic E-state index is 13.3. The van der Waals surface area contributed by atoms with Crippen LogP contribution in [0.2, 0.25) is 0 Å². The number of imide groups is 1. The average Bonchev–Trinajstić information content (AvgIpc) is 2.68. The Labute approximate surface area is 178 Å². The third-order valence-electron chi connectivity index (χ3n) is 4.57. The number of carbonyl (C=O) groups excluding carboxylic acids is 2. The molecule has 0 unspecified atom stereocenters. The lowest BCUT2D eigenvalue weighted by Crippen LogP contribution is -2.43. The number of hydrogen-bond donors (Lipinski definition) is 2. The van der Waals surface area contributed by atoms with Gasteiger partial charge in [0.2, 0.25) is 5.91 Å². The maximum absolute atomic E-state index is 13.3. The number of fused-ring (bicyclic) bond motifs is 1. The van der Waals surface area contributed by atoms with Crippen LogP contribution in [0.25, 0.3) is 16.6 Å². The Hall–Kier alpha value is -3.13. The minimum absolute atomic E-state index is 0.0544. The second-order valence-corrected chi connectivity index (χ2v) is 8.18. The molecule has 156 valence electrons. The Bertz CT molecular complexity index is 1170. The monoisotopic (exact) mass is 424 g/mol. The van der Waals surface area contributed by atoms with Crippen molar-refractivity contribution in [1.29, 1.82) is 0 Å². The molecule has 2 aromatic carbocycles. The average molecular weight is 425 g/mol. The third-order valence-corrected chi connectivity index (χ3v) is 5.51. The first kappa shape index (κ1) is 21.6. The van der Waals surface area contributed by atoms with E-state index in [1.54, 1.807) is 32.0 Å². The third kappa shape index (κ3) is 4.71. The van der Waals surface area contributed by atoms with E-state index in [0.717, 1.165) is 28.6 Å². The molecule has 0 aliphatic heterocycles. The summed E-state index contributed by atoms with van der Waals surface area (Å²) in [6.45, 7) is 7.54. The van der Waals surface area contributed by atoms with Crippen molar-refractivity contribution in [2.75, 3.05) is 5.75 Å². The number of hydrogen-bond acceptors (Lipinski definition) is 5. The number of nitrogens with zero attached hydrogens (tertiary/aromatic N) is 2. The van der Waals surface area contributed by atoms with Gasteiger partial charge in [0.05, 0.1) is 22.3 Å². The summed E-state index contributed by atoms with van der Waals surface area (Å²) in [6.07, 6.45) is 0. The van der Waals surface area contributed by atoms with Gasteiger partial charge in [-0.3, -0.25) is 19.5 Å². The summed E-state index contributed by atoms with van der Waals surface area (Å²) in [5.74, 6) is -0.519. The Balaban J connectivity index is 1.99. The van der Waals surface area contributed by atoms with Gasteiger partial charge < -0.3 is 5.32 Å². The molecule has 1 aromatic heterocycles. The van der Waals surface area contributed by atoms with Crippen LogP contribution in [0.1, 0.15) is 25.0 Å². The summed E-state index contributed by atoms with van der Waals surface area (Å²) >= 11 is 1.11. The van der Waals surface area contributed by atoms with E-state index in [2.05, 4.69) is 15.6 Å². The summed E-state index contributed by atoms with van der Waals surface area (Å²) < 4.78 is 1.54. The summed E-state index contributed by atoms with van der Waals surface area (Å²) in [4.78, 5) is 41.9. The maximum Gasteiger partial charge on any atom is 0.321 e. The minimum atomic E-state index is -0.547. The number of para-hydroxylation sites is 1. The molecule has 2 N–H and O–H groups in total. The van der Waals surface area contributed by atoms with Crippen molar-refractivity contribution in [3.05, 3.63) is 63.9 Å². The Morgan fingerprint density at radius 3 is 2.57 bits per heavy atom. The molecule has 0 bridgehead atoms. The van der Waals surface area contributed by atoms with E-state index in [1.165, 1.54) is 4.57 Å². The largest absolute Gasteiger partial charge is 0.336 e. The quantitative estimate of drug-likeness (QED) is 0.484. The highest BCUT2D eigenvalue weighted by atomic mass is 32.2. The zero-order chi connectivity index (χ0) is 21.8. The van der Waals surface area contributed by atoms with Crippen molar-refractivity contribution in [2.24, 2.45) is 0 Å². The Morgan fingerprint density at radius 1 is 1.10 bits per heavy atom. The topological polar surface area (TPSA) is 93.1 Å². The van der Waals surface area contributed by atoms with E-state index in [-0.39, 0.29) is 17.4 Å². The van der Waals surface area contributed by atoms with E-state index in [1.807, 2.05) is 38.1 Å². The first-order valence-electron chi connectivity index (χ1n) is 9.59. The number of urea groups is 1. The fourth-order valence-electron chi connectivity index (χ4n) is 2.99. The molecule has 8 heteroatoms. The number of amides is 3. The number of thioether (sulfide) groups is 1. The van der Waals surface area contributed by atoms with Gasteiger partial charge in [0, 0.05) is 6.04 Å². The van der Waals surface area contributed by atoms with Gasteiger partial charge in [0.15, 0.2) is 5.16 Å². The fourth-order valence-corrected chi connectivity index (χ4v) is 3.80. The van der Waals surface area contributed by atoms with Crippen LogP contribution in [0.3, 0.4) is 0 Å². The Morgan fingerprint density at radius 2 is 1.83 bits per heavy atom. The van der Waals surface area contributed by atoms with Gasteiger partial charge in [0.25, 0.3) is 5.56 Å². The predicted octanol–water partition coefficient (Wildman–Crippen LogP) is 3.33. The summed E-state index contributed by atoms with van der Waals surface area (Å²) in [6, 6.07) is 12.2. The van der Waals surface area contributed by atoms with Crippen LogP contribution >= 0.6 is 11.8 Å². The van der Waals surface area contributed by atoms with Gasteiger partial charge in [0.1, 0.15) is 0 Å². The van der Waals surface area contributed by atoms with Crippen LogP contribution in [-0.4, -0.2) is 33.3 Å². The molecule has 7 nitrogen and oxygen atoms in total. The molecule has 0 radical (unpaired) electrons. The zero-order valence-electron chi connectivity index (χ0n) is 17.4. The number of rotatable bonds is 5. The van der Waals surface area contributed by atoms with Gasteiger partial charge >= 0.3 is 6.03 Å². The van der Waals surface area contributed by atoms with Crippen molar-refractivity contribution in [2.45, 2.75) is 38.9 Å². The molecule has 0 saturated carbocycles. The van der Waals surface area contributed by atoms with E-state index in [9.17, 15) is 14.4 Å². The van der Waals surface area contributed by atoms with E-state index in [4.69, 9.17) is 0 Å². The van der Waals surface area contributed by atoms with Crippen LogP contribution in [0, 0.1) is 13.8 Å².